The van der Waals surface area contributed by atoms with E-state index in [0.29, 0.717) is 18.6 Å². The van der Waals surface area contributed by atoms with Gasteiger partial charge in [-0.15, -0.1) is 0 Å². The maximum atomic E-state index is 13.0. The van der Waals surface area contributed by atoms with Crippen LogP contribution in [-0.4, -0.2) is 53.6 Å². The Labute approximate surface area is 246 Å². The summed E-state index contributed by atoms with van der Waals surface area (Å²) in [5.74, 6) is -0.856. The van der Waals surface area contributed by atoms with E-state index in [4.69, 9.17) is 18.6 Å². The summed E-state index contributed by atoms with van der Waals surface area (Å²) in [6.45, 7) is 27.5. The van der Waals surface area contributed by atoms with Crippen LogP contribution >= 0.6 is 0 Å². The molecule has 0 N–H and O–H groups in total. The molecule has 0 bridgehead atoms. The molecule has 1 aromatic rings. The van der Waals surface area contributed by atoms with E-state index in [1.807, 2.05) is 32.9 Å². The second kappa shape index (κ2) is 14.1. The van der Waals surface area contributed by atoms with Crippen LogP contribution in [0.4, 0.5) is 0 Å². The smallest absolute Gasteiger partial charge is 0.338 e. The van der Waals surface area contributed by atoms with E-state index in [1.54, 1.807) is 0 Å². The minimum absolute atomic E-state index is 0.0255. The third kappa shape index (κ3) is 11.0. The average molecular weight is 589 g/mol. The van der Waals surface area contributed by atoms with Crippen LogP contribution in [0.1, 0.15) is 80.9 Å². The SMILES string of the molecule is Cc1cc(C)c(C(=O)OCC[Si](C)(C)C)c(/C=C/C[C@@H]2OC(C)(C)OC2C/C=C\CCO[Si](C)(C)C(C)(C)C)c1. The number of rotatable bonds is 13. The summed E-state index contributed by atoms with van der Waals surface area (Å²) in [6, 6.07) is 5.06. The molecule has 2 rings (SSSR count). The second-order valence-electron chi connectivity index (χ2n) is 14.4. The van der Waals surface area contributed by atoms with Gasteiger partial charge in [0.2, 0.25) is 0 Å². The molecule has 0 saturated carbocycles. The monoisotopic (exact) mass is 588 g/mol. The topological polar surface area (TPSA) is 54.0 Å². The lowest BCUT2D eigenvalue weighted by Gasteiger charge is -2.36. The molecule has 0 spiro atoms. The summed E-state index contributed by atoms with van der Waals surface area (Å²) >= 11 is 0. The highest BCUT2D eigenvalue weighted by molar-refractivity contribution is 6.76. The van der Waals surface area contributed by atoms with Gasteiger partial charge in [0.05, 0.1) is 24.4 Å². The second-order valence-corrected chi connectivity index (χ2v) is 24.9. The highest BCUT2D eigenvalue weighted by Gasteiger charge is 2.40. The molecule has 1 aliphatic heterocycles. The van der Waals surface area contributed by atoms with Crippen molar-refractivity contribution in [3.8, 4) is 0 Å². The van der Waals surface area contributed by atoms with Crippen LogP contribution in [0.2, 0.25) is 43.8 Å². The number of ether oxygens (including phenoxy) is 3. The summed E-state index contributed by atoms with van der Waals surface area (Å²) in [7, 11) is -2.98. The molecule has 0 amide bonds. The molecule has 0 aliphatic carbocycles. The van der Waals surface area contributed by atoms with Crippen molar-refractivity contribution in [3.63, 3.8) is 0 Å². The standard InChI is InChI=1S/C33H56O5Si2/c1-25-23-26(2)30(31(34)35-21-22-39(8,9)10)27(24-25)17-16-19-29-28(37-33(6,7)38-29)18-14-13-15-20-36-40(11,12)32(3,4)5/h13-14,16-17,23-24,28-29H,15,18-22H2,1-12H3/b14-13-,17-16+/t28?,29-/m0/s1. The Bertz CT molecular complexity index is 1040. The van der Waals surface area contributed by atoms with E-state index in [1.165, 1.54) is 0 Å². The summed E-state index contributed by atoms with van der Waals surface area (Å²) < 4.78 is 24.5. The Hall–Kier alpha value is -1.52. The maximum Gasteiger partial charge on any atom is 0.338 e. The number of carbonyl (C=O) groups is 1. The quantitative estimate of drug-likeness (QED) is 0.0995. The highest BCUT2D eigenvalue weighted by Crippen LogP contribution is 2.36. The van der Waals surface area contributed by atoms with Crippen LogP contribution in [0.5, 0.6) is 0 Å². The largest absolute Gasteiger partial charge is 0.462 e. The van der Waals surface area contributed by atoms with E-state index in [-0.39, 0.29) is 23.2 Å². The number of carbonyl (C=O) groups excluding carboxylic acids is 1. The molecule has 1 aliphatic rings. The van der Waals surface area contributed by atoms with Crippen molar-refractivity contribution in [1.82, 2.24) is 0 Å². The van der Waals surface area contributed by atoms with Crippen LogP contribution in [0.15, 0.2) is 30.4 Å². The first-order chi connectivity index (χ1) is 18.3. The molecule has 1 saturated heterocycles. The van der Waals surface area contributed by atoms with Gasteiger partial charge in [-0.1, -0.05) is 82.4 Å². The Kier molecular flexibility index (Phi) is 12.2. The molecule has 1 unspecified atom stereocenters. The zero-order valence-electron chi connectivity index (χ0n) is 27.4. The predicted molar refractivity (Wildman–Crippen MR) is 173 cm³/mol. The fourth-order valence-corrected chi connectivity index (χ4v) is 6.29. The molecule has 7 heteroatoms. The Morgan fingerprint density at radius 2 is 1.55 bits per heavy atom. The molecule has 0 radical (unpaired) electrons. The van der Waals surface area contributed by atoms with Gasteiger partial charge in [-0.05, 0) is 82.3 Å². The van der Waals surface area contributed by atoms with Crippen molar-refractivity contribution in [2.75, 3.05) is 13.2 Å². The van der Waals surface area contributed by atoms with Gasteiger partial charge in [-0.3, -0.25) is 0 Å². The van der Waals surface area contributed by atoms with Crippen molar-refractivity contribution < 1.29 is 23.4 Å². The third-order valence-corrected chi connectivity index (χ3v) is 14.1. The minimum Gasteiger partial charge on any atom is -0.462 e. The van der Waals surface area contributed by atoms with Crippen molar-refractivity contribution >= 4 is 28.4 Å². The Morgan fingerprint density at radius 3 is 2.12 bits per heavy atom. The summed E-state index contributed by atoms with van der Waals surface area (Å²) in [5.41, 5.74) is 3.62. The van der Waals surface area contributed by atoms with Gasteiger partial charge >= 0.3 is 5.97 Å². The fourth-order valence-electron chi connectivity index (χ4n) is 4.52. The van der Waals surface area contributed by atoms with Gasteiger partial charge in [0.1, 0.15) is 0 Å². The highest BCUT2D eigenvalue weighted by atomic mass is 28.4. The van der Waals surface area contributed by atoms with E-state index >= 15 is 0 Å². The molecule has 1 aromatic carbocycles. The molecule has 1 fully saturated rings. The molecule has 2 atom stereocenters. The van der Waals surface area contributed by atoms with Crippen molar-refractivity contribution in [2.24, 2.45) is 0 Å². The predicted octanol–water partition coefficient (Wildman–Crippen LogP) is 9.08. The average Bonchev–Trinajstić information content (AvgIpc) is 3.07. The molecule has 40 heavy (non-hydrogen) atoms. The first kappa shape index (κ1) is 34.7. The minimum atomic E-state index is -1.71. The Balaban J connectivity index is 2.02. The van der Waals surface area contributed by atoms with Gasteiger partial charge in [-0.25, -0.2) is 4.79 Å². The van der Waals surface area contributed by atoms with E-state index < -0.39 is 22.2 Å². The summed E-state index contributed by atoms with van der Waals surface area (Å²) in [6.07, 6.45) is 10.8. The maximum absolute atomic E-state index is 13.0. The molecule has 226 valence electrons. The van der Waals surface area contributed by atoms with Crippen LogP contribution in [0.25, 0.3) is 6.08 Å². The molecule has 1 heterocycles. The van der Waals surface area contributed by atoms with E-state index in [0.717, 1.165) is 42.2 Å². The number of benzene rings is 1. The van der Waals surface area contributed by atoms with Gasteiger partial charge in [-0.2, -0.15) is 0 Å². The molecular formula is C33H56O5Si2. The van der Waals surface area contributed by atoms with Crippen molar-refractivity contribution in [2.45, 2.75) is 130 Å². The first-order valence-corrected chi connectivity index (χ1v) is 21.5. The van der Waals surface area contributed by atoms with Gasteiger partial charge in [0.15, 0.2) is 14.1 Å². The van der Waals surface area contributed by atoms with Crippen molar-refractivity contribution in [1.29, 1.82) is 0 Å². The lowest BCUT2D eigenvalue weighted by Crippen LogP contribution is -2.40. The van der Waals surface area contributed by atoms with Crippen LogP contribution < -0.4 is 0 Å². The number of hydrogen-bond donors (Lipinski definition) is 0. The van der Waals surface area contributed by atoms with Gasteiger partial charge in [0, 0.05) is 14.7 Å². The molecule has 5 nitrogen and oxygen atoms in total. The first-order valence-electron chi connectivity index (χ1n) is 14.9. The fraction of sp³-hybridized carbons (Fsp3) is 0.667. The van der Waals surface area contributed by atoms with Crippen molar-refractivity contribution in [3.05, 3.63) is 52.6 Å². The molecular weight excluding hydrogens is 533 g/mol. The van der Waals surface area contributed by atoms with Gasteiger partial charge < -0.3 is 18.6 Å². The number of aryl methyl sites for hydroxylation is 2. The van der Waals surface area contributed by atoms with Gasteiger partial charge in [0.25, 0.3) is 0 Å². The zero-order valence-corrected chi connectivity index (χ0v) is 29.4. The molecule has 0 aromatic heterocycles. The lowest BCUT2D eigenvalue weighted by molar-refractivity contribution is -0.145. The summed E-state index contributed by atoms with van der Waals surface area (Å²) in [5, 5.41) is 0.226. The normalized spacial score (nSPS) is 20.1. The number of esters is 1. The van der Waals surface area contributed by atoms with Crippen LogP contribution in [0.3, 0.4) is 0 Å². The van der Waals surface area contributed by atoms with Crippen LogP contribution in [-0.2, 0) is 18.6 Å². The van der Waals surface area contributed by atoms with E-state index in [2.05, 4.69) is 84.7 Å². The zero-order chi connectivity index (χ0) is 30.4. The number of hydrogen-bond acceptors (Lipinski definition) is 5. The summed E-state index contributed by atoms with van der Waals surface area (Å²) in [4.78, 5) is 13.0. The lowest BCUT2D eigenvalue weighted by atomic mass is 9.97. The Morgan fingerprint density at radius 1 is 0.950 bits per heavy atom. The van der Waals surface area contributed by atoms with Crippen LogP contribution in [0, 0.1) is 13.8 Å². The van der Waals surface area contributed by atoms with E-state index in [9.17, 15) is 4.79 Å². The third-order valence-electron chi connectivity index (χ3n) is 7.84.